The number of rotatable bonds is 6. The van der Waals surface area contributed by atoms with Crippen molar-refractivity contribution in [3.63, 3.8) is 0 Å². The molecule has 0 unspecified atom stereocenters. The predicted molar refractivity (Wildman–Crippen MR) is 92.3 cm³/mol. The Morgan fingerprint density at radius 2 is 2.09 bits per heavy atom. The van der Waals surface area contributed by atoms with Gasteiger partial charge >= 0.3 is 0 Å². The normalized spacial score (nSPS) is 19.1. The lowest BCUT2D eigenvalue weighted by atomic mass is 10.1. The largest absolute Gasteiger partial charge is 0.376 e. The molecule has 0 amide bonds. The van der Waals surface area contributed by atoms with Crippen molar-refractivity contribution in [2.24, 2.45) is 7.05 Å². The van der Waals surface area contributed by atoms with Crippen LogP contribution in [0.2, 0.25) is 0 Å². The van der Waals surface area contributed by atoms with Gasteiger partial charge in [0.2, 0.25) is 0 Å². The number of aryl methyl sites for hydroxylation is 2. The van der Waals surface area contributed by atoms with E-state index in [1.165, 1.54) is 17.7 Å². The number of hydrogen-bond acceptors (Lipinski definition) is 3. The first kappa shape index (κ1) is 16.2. The minimum atomic E-state index is 0.363. The summed E-state index contributed by atoms with van der Waals surface area (Å²) < 4.78 is 8.14. The molecule has 2 heterocycles. The van der Waals surface area contributed by atoms with E-state index in [9.17, 15) is 0 Å². The zero-order valence-corrected chi connectivity index (χ0v) is 14.2. The monoisotopic (exact) mass is 313 g/mol. The van der Waals surface area contributed by atoms with Gasteiger partial charge in [-0.25, -0.2) is 4.98 Å². The van der Waals surface area contributed by atoms with Crippen molar-refractivity contribution >= 4 is 0 Å². The third-order valence-corrected chi connectivity index (χ3v) is 4.76. The molecule has 0 saturated carbocycles. The highest BCUT2D eigenvalue weighted by molar-refractivity contribution is 5.14. The SMILES string of the molecule is Cc1ncc(CN2CCO[C@H](CCCc3ccccc3)C2)n1C. The van der Waals surface area contributed by atoms with E-state index >= 15 is 0 Å². The Bertz CT molecular complexity index is 608. The van der Waals surface area contributed by atoms with Crippen LogP contribution in [0.1, 0.15) is 29.9 Å². The number of aromatic nitrogens is 2. The van der Waals surface area contributed by atoms with Gasteiger partial charge in [0.05, 0.1) is 18.4 Å². The van der Waals surface area contributed by atoms with Crippen molar-refractivity contribution in [3.05, 3.63) is 53.6 Å². The van der Waals surface area contributed by atoms with E-state index in [0.29, 0.717) is 6.10 Å². The van der Waals surface area contributed by atoms with Crippen LogP contribution in [-0.2, 0) is 24.8 Å². The van der Waals surface area contributed by atoms with E-state index < -0.39 is 0 Å². The molecular formula is C19H27N3O. The molecule has 1 aromatic carbocycles. The van der Waals surface area contributed by atoms with E-state index in [1.54, 1.807) is 0 Å². The summed E-state index contributed by atoms with van der Waals surface area (Å²) in [4.78, 5) is 6.88. The van der Waals surface area contributed by atoms with Crippen LogP contribution in [-0.4, -0.2) is 40.3 Å². The summed E-state index contributed by atoms with van der Waals surface area (Å²) >= 11 is 0. The molecule has 3 rings (SSSR count). The molecule has 124 valence electrons. The molecule has 0 spiro atoms. The Morgan fingerprint density at radius 1 is 1.26 bits per heavy atom. The van der Waals surface area contributed by atoms with Crippen molar-refractivity contribution in [1.29, 1.82) is 0 Å². The van der Waals surface area contributed by atoms with Crippen LogP contribution in [0.25, 0.3) is 0 Å². The topological polar surface area (TPSA) is 30.3 Å². The Hall–Kier alpha value is -1.65. The highest BCUT2D eigenvalue weighted by Gasteiger charge is 2.21. The highest BCUT2D eigenvalue weighted by Crippen LogP contribution is 2.15. The fourth-order valence-corrected chi connectivity index (χ4v) is 3.20. The van der Waals surface area contributed by atoms with Gasteiger partial charge in [0.1, 0.15) is 5.82 Å². The fourth-order valence-electron chi connectivity index (χ4n) is 3.20. The highest BCUT2D eigenvalue weighted by atomic mass is 16.5. The molecule has 1 aliphatic heterocycles. The standard InChI is InChI=1S/C19H27N3O/c1-16-20-13-18(21(16)2)14-22-11-12-23-19(15-22)10-6-9-17-7-4-3-5-8-17/h3-5,7-8,13,19H,6,9-12,14-15H2,1-2H3/t19-/m1/s1. The van der Waals surface area contributed by atoms with Crippen molar-refractivity contribution in [1.82, 2.24) is 14.5 Å². The molecule has 1 aliphatic rings. The van der Waals surface area contributed by atoms with Gasteiger partial charge in [-0.3, -0.25) is 4.90 Å². The van der Waals surface area contributed by atoms with Gasteiger partial charge in [0.15, 0.2) is 0 Å². The Balaban J connectivity index is 1.45. The Morgan fingerprint density at radius 3 is 2.83 bits per heavy atom. The summed E-state index contributed by atoms with van der Waals surface area (Å²) in [6, 6.07) is 10.7. The van der Waals surface area contributed by atoms with Crippen LogP contribution in [0, 0.1) is 6.92 Å². The van der Waals surface area contributed by atoms with Gasteiger partial charge in [0, 0.05) is 32.9 Å². The summed E-state index contributed by atoms with van der Waals surface area (Å²) in [5, 5.41) is 0. The average molecular weight is 313 g/mol. The van der Waals surface area contributed by atoms with Gasteiger partial charge in [-0.1, -0.05) is 30.3 Å². The van der Waals surface area contributed by atoms with E-state index in [2.05, 4.69) is 58.8 Å². The minimum Gasteiger partial charge on any atom is -0.376 e. The summed E-state index contributed by atoms with van der Waals surface area (Å²) in [6.45, 7) is 5.90. The summed E-state index contributed by atoms with van der Waals surface area (Å²) in [6.07, 6.45) is 5.82. The first-order chi connectivity index (χ1) is 11.2. The molecule has 0 N–H and O–H groups in total. The van der Waals surface area contributed by atoms with Gasteiger partial charge < -0.3 is 9.30 Å². The third kappa shape index (κ3) is 4.43. The molecule has 0 bridgehead atoms. The molecule has 0 radical (unpaired) electrons. The molecule has 1 fully saturated rings. The van der Waals surface area contributed by atoms with Crippen LogP contribution < -0.4 is 0 Å². The van der Waals surface area contributed by atoms with Crippen molar-refractivity contribution in [2.45, 2.75) is 38.8 Å². The average Bonchev–Trinajstić information content (AvgIpc) is 2.88. The molecule has 23 heavy (non-hydrogen) atoms. The van der Waals surface area contributed by atoms with Crippen LogP contribution in [0.5, 0.6) is 0 Å². The van der Waals surface area contributed by atoms with Gasteiger partial charge in [-0.05, 0) is 31.7 Å². The second-order valence-corrected chi connectivity index (χ2v) is 6.46. The Kier molecular flexibility index (Phi) is 5.47. The zero-order valence-electron chi connectivity index (χ0n) is 14.2. The Labute approximate surface area is 139 Å². The third-order valence-electron chi connectivity index (χ3n) is 4.76. The number of nitrogens with zero attached hydrogens (tertiary/aromatic N) is 3. The minimum absolute atomic E-state index is 0.363. The second-order valence-electron chi connectivity index (χ2n) is 6.46. The van der Waals surface area contributed by atoms with Gasteiger partial charge in [-0.15, -0.1) is 0 Å². The molecule has 4 heteroatoms. The number of benzene rings is 1. The van der Waals surface area contributed by atoms with Crippen molar-refractivity contribution in [3.8, 4) is 0 Å². The van der Waals surface area contributed by atoms with Gasteiger partial charge in [-0.2, -0.15) is 0 Å². The summed E-state index contributed by atoms with van der Waals surface area (Å²) in [5.74, 6) is 1.08. The molecule has 1 aromatic heterocycles. The lowest BCUT2D eigenvalue weighted by Crippen LogP contribution is -2.42. The number of ether oxygens (including phenoxy) is 1. The lowest BCUT2D eigenvalue weighted by Gasteiger charge is -2.33. The maximum Gasteiger partial charge on any atom is 0.105 e. The smallest absolute Gasteiger partial charge is 0.105 e. The van der Waals surface area contributed by atoms with E-state index in [0.717, 1.165) is 44.9 Å². The van der Waals surface area contributed by atoms with E-state index in [1.807, 2.05) is 6.20 Å². The number of morpholine rings is 1. The molecule has 1 atom stereocenters. The van der Waals surface area contributed by atoms with E-state index in [-0.39, 0.29) is 0 Å². The predicted octanol–water partition coefficient (Wildman–Crippen LogP) is 2.95. The molecule has 4 nitrogen and oxygen atoms in total. The lowest BCUT2D eigenvalue weighted by molar-refractivity contribution is -0.0360. The molecule has 0 aliphatic carbocycles. The number of hydrogen-bond donors (Lipinski definition) is 0. The maximum atomic E-state index is 5.96. The zero-order chi connectivity index (χ0) is 16.1. The quantitative estimate of drug-likeness (QED) is 0.821. The molecule has 1 saturated heterocycles. The van der Waals surface area contributed by atoms with E-state index in [4.69, 9.17) is 4.74 Å². The van der Waals surface area contributed by atoms with Gasteiger partial charge in [0.25, 0.3) is 0 Å². The van der Waals surface area contributed by atoms with Crippen LogP contribution in [0.4, 0.5) is 0 Å². The van der Waals surface area contributed by atoms with Crippen molar-refractivity contribution < 1.29 is 4.74 Å². The summed E-state index contributed by atoms with van der Waals surface area (Å²) in [7, 11) is 2.09. The first-order valence-corrected chi connectivity index (χ1v) is 8.57. The first-order valence-electron chi connectivity index (χ1n) is 8.57. The maximum absolute atomic E-state index is 5.96. The number of imidazole rings is 1. The summed E-state index contributed by atoms with van der Waals surface area (Å²) in [5.41, 5.74) is 2.71. The van der Waals surface area contributed by atoms with Crippen molar-refractivity contribution in [2.75, 3.05) is 19.7 Å². The molecular weight excluding hydrogens is 286 g/mol. The van der Waals surface area contributed by atoms with Crippen LogP contribution in [0.15, 0.2) is 36.5 Å². The molecule has 2 aromatic rings. The fraction of sp³-hybridized carbons (Fsp3) is 0.526. The van der Waals surface area contributed by atoms with Crippen LogP contribution >= 0.6 is 0 Å². The van der Waals surface area contributed by atoms with Crippen LogP contribution in [0.3, 0.4) is 0 Å². The second kappa shape index (κ2) is 7.75.